The molecule has 0 aliphatic rings. The molecule has 0 amide bonds. The molecule has 0 aromatic carbocycles. The fourth-order valence-corrected chi connectivity index (χ4v) is 0. The summed E-state index contributed by atoms with van der Waals surface area (Å²) in [6, 6.07) is 0. The Labute approximate surface area is 190 Å². The Hall–Kier alpha value is 4.08. The van der Waals surface area contributed by atoms with Crippen molar-refractivity contribution in [3.05, 3.63) is 0 Å². The molecule has 18 heavy (non-hydrogen) atoms. The monoisotopic (exact) mass is 751 g/mol. The van der Waals surface area contributed by atoms with Crippen LogP contribution in [0, 0.1) is 112 Å². The number of rotatable bonds is 0. The number of phosphoric acid groups is 3. The molecule has 0 rings (SSSR count). The summed E-state index contributed by atoms with van der Waals surface area (Å²) in [6.07, 6.45) is 0. The minimum Gasteiger partial charge on any atom is -0.822 e. The van der Waals surface area contributed by atoms with Gasteiger partial charge in [-0.25, -0.2) is 0 Å². The molecule has 111 valence electrons. The minimum absolute atomic E-state index is 0. The molecule has 0 aromatic rings. The summed E-state index contributed by atoms with van der Waals surface area (Å²) in [6.45, 7) is 0. The second kappa shape index (κ2) is 17.4. The third-order valence-corrected chi connectivity index (χ3v) is 0. The smallest absolute Gasteiger partial charge is 0.822 e. The topological polar surface area (TPSA) is 259 Å². The average molecular weight is 750 g/mol. The minimum atomic E-state index is -5.39. The van der Waals surface area contributed by atoms with Gasteiger partial charge in [-0.15, -0.1) is 0 Å². The Bertz CT molecular complexity index is 213. The van der Waals surface area contributed by atoms with Crippen molar-refractivity contribution < 1.29 is 170 Å². The van der Waals surface area contributed by atoms with Crippen molar-refractivity contribution in [1.29, 1.82) is 0 Å². The van der Waals surface area contributed by atoms with Crippen LogP contribution in [0.3, 0.4) is 0 Å². The van der Waals surface area contributed by atoms with Gasteiger partial charge in [0.1, 0.15) is 0 Å². The van der Waals surface area contributed by atoms with Gasteiger partial charge in [0.2, 0.25) is 0 Å². The van der Waals surface area contributed by atoms with Crippen LogP contribution in [0.5, 0.6) is 0 Å². The first-order valence-corrected chi connectivity index (χ1v) is 6.57. The van der Waals surface area contributed by atoms with Crippen LogP contribution in [0.2, 0.25) is 0 Å². The van der Waals surface area contributed by atoms with Crippen molar-refractivity contribution >= 4 is 23.5 Å². The van der Waals surface area contributed by atoms with Crippen molar-refractivity contribution in [3.63, 3.8) is 0 Å². The van der Waals surface area contributed by atoms with Crippen LogP contribution in [0.15, 0.2) is 0 Å². The molecule has 0 N–H and O–H groups in total. The second-order valence-corrected chi connectivity index (χ2v) is 4.02. The van der Waals surface area contributed by atoms with E-state index in [0.717, 1.165) is 0 Å². The van der Waals surface area contributed by atoms with Crippen molar-refractivity contribution in [3.8, 4) is 0 Å². The molecule has 0 aliphatic carbocycles. The van der Waals surface area contributed by atoms with Crippen molar-refractivity contribution in [1.82, 2.24) is 0 Å². The van der Waals surface area contributed by atoms with Gasteiger partial charge in [0, 0.05) is 0 Å². The summed E-state index contributed by atoms with van der Waals surface area (Å²) in [5.41, 5.74) is 0. The normalized spacial score (nSPS) is 9.83. The molecule has 0 saturated carbocycles. The van der Waals surface area contributed by atoms with E-state index in [0.29, 0.717) is 0 Å². The van der Waals surface area contributed by atoms with Gasteiger partial charge in [-0.05, 0) is 0 Å². The van der Waals surface area contributed by atoms with Gasteiger partial charge in [0.05, 0.1) is 0 Å². The average Bonchev–Trinajstić information content (AvgIpc) is 1.41. The Morgan fingerprint density at radius 1 is 0.500 bits per heavy atom. The van der Waals surface area contributed by atoms with E-state index in [1.54, 1.807) is 0 Å². The summed E-state index contributed by atoms with van der Waals surface area (Å²) in [4.78, 5) is 76.9. The fraction of sp³-hybridized carbons (Fsp3) is 0. The van der Waals surface area contributed by atoms with E-state index in [1.165, 1.54) is 0 Å². The van der Waals surface area contributed by atoms with Crippen LogP contribution in [-0.2, 0) is 13.7 Å². The zero-order chi connectivity index (χ0) is 13.5. The summed E-state index contributed by atoms with van der Waals surface area (Å²) < 4.78 is 25.6. The zero-order valence-electron chi connectivity index (χ0n) is 7.45. The third kappa shape index (κ3) is 439. The molecule has 0 heterocycles. The summed E-state index contributed by atoms with van der Waals surface area (Å²) >= 11 is 0. The number of hydrogen-bond donors (Lipinski definition) is 0. The first-order chi connectivity index (χ1) is 6.00. The Morgan fingerprint density at radius 3 is 0.500 bits per heavy atom. The van der Waals surface area contributed by atoms with Gasteiger partial charge < -0.3 is 57.7 Å². The number of hydrogen-bond acceptors (Lipinski definition) is 12. The van der Waals surface area contributed by atoms with E-state index in [4.69, 9.17) is 57.7 Å². The standard InChI is InChI=1S/Gd.La.3H3O4P.Tm/c;;3*1-5(2,3)4;/h;;3*(H3,1,2,3,4);/q2*+3;;;;+3/p-9. The SMILES string of the molecule is O=P([O-])([O-])[O-].O=P([O-])([O-])[O-].O=P([O-])([O-])[O-].[Gd+3].[La+3].[Tm+3]. The van der Waals surface area contributed by atoms with Gasteiger partial charge in [-0.2, -0.15) is 23.5 Å². The van der Waals surface area contributed by atoms with E-state index in [2.05, 4.69) is 0 Å². The van der Waals surface area contributed by atoms with Gasteiger partial charge in [0.15, 0.2) is 0 Å². The molecule has 0 unspecified atom stereocenters. The molecule has 0 atom stereocenters. The van der Waals surface area contributed by atoms with Crippen molar-refractivity contribution in [2.75, 3.05) is 0 Å². The molecule has 0 aromatic heterocycles. The maximum atomic E-state index is 8.55. The Kier molecular flexibility index (Phi) is 36.8. The van der Waals surface area contributed by atoms with Crippen LogP contribution in [0.4, 0.5) is 0 Å². The molecule has 0 spiro atoms. The first-order valence-electron chi connectivity index (χ1n) is 2.19. The quantitative estimate of drug-likeness (QED) is 0.209. The third-order valence-electron chi connectivity index (χ3n) is 0. The maximum Gasteiger partial charge on any atom is 3.00 e. The Morgan fingerprint density at radius 2 is 0.500 bits per heavy atom. The van der Waals surface area contributed by atoms with Gasteiger partial charge in [0.25, 0.3) is 0 Å². The van der Waals surface area contributed by atoms with Crippen molar-refractivity contribution in [2.45, 2.75) is 0 Å². The van der Waals surface area contributed by atoms with E-state index in [1.807, 2.05) is 0 Å². The molecule has 0 bridgehead atoms. The van der Waals surface area contributed by atoms with E-state index < -0.39 is 23.5 Å². The van der Waals surface area contributed by atoms with E-state index in [-0.39, 0.29) is 112 Å². The zero-order valence-corrected chi connectivity index (χ0v) is 17.8. The van der Waals surface area contributed by atoms with Crippen LogP contribution in [0.1, 0.15) is 0 Å². The second-order valence-electron chi connectivity index (χ2n) is 1.34. The Balaban J connectivity index is -0.0000000277. The van der Waals surface area contributed by atoms with Gasteiger partial charge >= 0.3 is 112 Å². The molecule has 0 aliphatic heterocycles. The van der Waals surface area contributed by atoms with Crippen LogP contribution in [-0.4, -0.2) is 0 Å². The molecular formula is GdLaO12P3Tm. The first kappa shape index (κ1) is 37.9. The molecule has 12 nitrogen and oxygen atoms in total. The van der Waals surface area contributed by atoms with Crippen molar-refractivity contribution in [2.24, 2.45) is 0 Å². The van der Waals surface area contributed by atoms with E-state index in [9.17, 15) is 0 Å². The fourth-order valence-electron chi connectivity index (χ4n) is 0. The summed E-state index contributed by atoms with van der Waals surface area (Å²) in [5.74, 6) is 0. The molecule has 0 fully saturated rings. The molecule has 1 radical (unpaired) electrons. The van der Waals surface area contributed by atoms with Crippen LogP contribution < -0.4 is 44.0 Å². The summed E-state index contributed by atoms with van der Waals surface area (Å²) in [5, 5.41) is 0. The largest absolute Gasteiger partial charge is 3.00 e. The summed E-state index contributed by atoms with van der Waals surface area (Å²) in [7, 11) is -16.2. The van der Waals surface area contributed by atoms with E-state index >= 15 is 0 Å². The van der Waals surface area contributed by atoms with Crippen LogP contribution >= 0.6 is 23.5 Å². The van der Waals surface area contributed by atoms with Gasteiger partial charge in [-0.3, -0.25) is 0 Å². The maximum absolute atomic E-state index is 8.55. The predicted octanol–water partition coefficient (Wildman–Crippen LogP) is -8.47. The van der Waals surface area contributed by atoms with Crippen LogP contribution in [0.25, 0.3) is 0 Å². The molecular weight excluding hydrogens is 750 g/mol. The van der Waals surface area contributed by atoms with Gasteiger partial charge in [-0.1, -0.05) is 0 Å². The molecule has 18 heteroatoms. The predicted molar refractivity (Wildman–Crippen MR) is 22.8 cm³/mol. The molecule has 0 saturated heterocycles.